The highest BCUT2D eigenvalue weighted by Gasteiger charge is 2.55. The molecular weight excluding hydrogens is 548 g/mol. The lowest BCUT2D eigenvalue weighted by Gasteiger charge is -2.49. The summed E-state index contributed by atoms with van der Waals surface area (Å²) >= 11 is 6.77. The molecule has 1 fully saturated rings. The van der Waals surface area contributed by atoms with E-state index in [2.05, 4.69) is 15.8 Å². The number of halogens is 1. The number of β-lactam (4-membered cyclic amide) rings is 1. The zero-order chi connectivity index (χ0) is 27.8. The summed E-state index contributed by atoms with van der Waals surface area (Å²) in [5.74, 6) is -2.55. The van der Waals surface area contributed by atoms with Gasteiger partial charge in [0.15, 0.2) is 5.76 Å². The van der Waals surface area contributed by atoms with Crippen LogP contribution in [-0.2, 0) is 38.2 Å². The van der Waals surface area contributed by atoms with Crippen molar-refractivity contribution in [2.75, 3.05) is 31.9 Å². The fraction of sp³-hybridized carbons (Fsp3) is 0.455. The van der Waals surface area contributed by atoms with Gasteiger partial charge in [0, 0.05) is 37.6 Å². The van der Waals surface area contributed by atoms with Gasteiger partial charge < -0.3 is 34.1 Å². The molecule has 14 nitrogen and oxygen atoms in total. The molecule has 3 rings (SSSR count). The monoisotopic (exact) mass is 572 g/mol. The number of carbonyl (C=O) groups is 5. The zero-order valence-corrected chi connectivity index (χ0v) is 22.1. The van der Waals surface area contributed by atoms with Gasteiger partial charge in [0.25, 0.3) is 11.8 Å². The molecule has 0 aliphatic carbocycles. The number of hydrogen-bond acceptors (Lipinski definition) is 12. The molecule has 1 aromatic heterocycles. The van der Waals surface area contributed by atoms with E-state index >= 15 is 0 Å². The van der Waals surface area contributed by atoms with Crippen molar-refractivity contribution in [3.63, 3.8) is 0 Å². The van der Waals surface area contributed by atoms with Crippen molar-refractivity contribution < 1.29 is 47.4 Å². The van der Waals surface area contributed by atoms with E-state index in [9.17, 15) is 24.0 Å². The summed E-state index contributed by atoms with van der Waals surface area (Å²) in [6.07, 6.45) is -0.669. The van der Waals surface area contributed by atoms with Gasteiger partial charge in [-0.15, -0.1) is 23.4 Å². The van der Waals surface area contributed by atoms with Gasteiger partial charge in [0.1, 0.15) is 30.8 Å². The Bertz CT molecular complexity index is 1140. The first kappa shape index (κ1) is 28.8. The van der Waals surface area contributed by atoms with Crippen molar-refractivity contribution in [1.82, 2.24) is 15.5 Å². The molecule has 3 atom stereocenters. The second-order valence-electron chi connectivity index (χ2n) is 7.69. The molecule has 2 N–H and O–H groups in total. The Kier molecular flexibility index (Phi) is 10.0. The molecule has 2 unspecified atom stereocenters. The van der Waals surface area contributed by atoms with Gasteiger partial charge in [-0.1, -0.05) is 5.16 Å². The summed E-state index contributed by atoms with van der Waals surface area (Å²) in [5, 5.41) is 7.98. The van der Waals surface area contributed by atoms with Crippen LogP contribution < -0.4 is 10.6 Å². The number of nitrogens with zero attached hydrogens (tertiary/aromatic N) is 2. The normalized spacial score (nSPS) is 19.5. The van der Waals surface area contributed by atoms with Crippen LogP contribution in [-0.4, -0.2) is 90.1 Å². The van der Waals surface area contributed by atoms with Crippen molar-refractivity contribution in [3.05, 3.63) is 35.4 Å². The molecule has 2 aliphatic rings. The van der Waals surface area contributed by atoms with Gasteiger partial charge >= 0.3 is 18.0 Å². The Morgan fingerprint density at radius 2 is 2.08 bits per heavy atom. The molecule has 1 aromatic rings. The van der Waals surface area contributed by atoms with Crippen LogP contribution >= 0.6 is 23.4 Å². The zero-order valence-electron chi connectivity index (χ0n) is 20.6. The average molecular weight is 573 g/mol. The van der Waals surface area contributed by atoms with E-state index < -0.39 is 47.6 Å². The molecular formula is C22H25ClN4O10S. The maximum atomic E-state index is 13.1. The molecule has 0 spiro atoms. The molecule has 2 aliphatic heterocycles. The number of rotatable bonds is 11. The first-order valence-corrected chi connectivity index (χ1v) is 12.7. The Morgan fingerprint density at radius 1 is 1.32 bits per heavy atom. The third kappa shape index (κ3) is 6.77. The van der Waals surface area contributed by atoms with E-state index in [0.29, 0.717) is 0 Å². The fourth-order valence-corrected chi connectivity index (χ4v) is 4.93. The maximum absolute atomic E-state index is 13.1. The molecule has 0 radical (unpaired) electrons. The molecule has 16 heteroatoms. The first-order chi connectivity index (χ1) is 18.2. The van der Waals surface area contributed by atoms with Gasteiger partial charge in [0.05, 0.1) is 6.26 Å². The standard InChI is InChI=1S/C22H25ClN4O10S/c1-11(28)36-12(2)37-21(31)17-13(9-35-22(32)24-7-6-23)10-38-20-16(19(30)27(17)20)25-18(29)15(26-33-3)14-5-4-8-34-14/h4-5,8,12,16,20H,6-7,9-10H2,1-3H3,(H,24,32)(H,25,29)/t12?,16?,20-/m1/s1. The van der Waals surface area contributed by atoms with Crippen molar-refractivity contribution in [1.29, 1.82) is 0 Å². The number of esters is 2. The lowest BCUT2D eigenvalue weighted by atomic mass is 10.0. The molecule has 1 saturated heterocycles. The molecule has 0 saturated carbocycles. The van der Waals surface area contributed by atoms with E-state index in [0.717, 1.165) is 11.8 Å². The number of furan rings is 1. The van der Waals surface area contributed by atoms with Crippen LogP contribution in [0.25, 0.3) is 0 Å². The number of alkyl carbamates (subject to hydrolysis) is 1. The van der Waals surface area contributed by atoms with Gasteiger partial charge in [-0.2, -0.15) is 0 Å². The van der Waals surface area contributed by atoms with Crippen molar-refractivity contribution >= 4 is 58.9 Å². The van der Waals surface area contributed by atoms with Crippen LogP contribution in [0.5, 0.6) is 0 Å². The molecule has 206 valence electrons. The number of fused-ring (bicyclic) bond motifs is 1. The van der Waals surface area contributed by atoms with E-state index in [1.165, 1.54) is 38.1 Å². The van der Waals surface area contributed by atoms with Crippen LogP contribution in [0.1, 0.15) is 19.6 Å². The maximum Gasteiger partial charge on any atom is 0.407 e. The summed E-state index contributed by atoms with van der Waals surface area (Å²) in [5.41, 5.74) is -0.0835. The molecule has 0 aromatic carbocycles. The van der Waals surface area contributed by atoms with Crippen LogP contribution in [0, 0.1) is 0 Å². The molecule has 0 bridgehead atoms. The quantitative estimate of drug-likeness (QED) is 0.0953. The Hall–Kier alpha value is -3.72. The smallest absolute Gasteiger partial charge is 0.407 e. The Labute approximate surface area is 225 Å². The minimum atomic E-state index is -1.25. The van der Waals surface area contributed by atoms with Gasteiger partial charge in [-0.3, -0.25) is 19.3 Å². The highest BCUT2D eigenvalue weighted by Crippen LogP contribution is 2.41. The van der Waals surface area contributed by atoms with Crippen LogP contribution in [0.2, 0.25) is 0 Å². The van der Waals surface area contributed by atoms with Gasteiger partial charge in [-0.05, 0) is 12.1 Å². The number of ether oxygens (including phenoxy) is 3. The number of oxime groups is 1. The number of nitrogens with one attached hydrogen (secondary N) is 2. The lowest BCUT2D eigenvalue weighted by Crippen LogP contribution is -2.71. The number of amides is 3. The third-order valence-corrected chi connectivity index (χ3v) is 6.55. The van der Waals surface area contributed by atoms with Gasteiger partial charge in [0.2, 0.25) is 12.0 Å². The van der Waals surface area contributed by atoms with Crippen molar-refractivity contribution in [2.45, 2.75) is 31.6 Å². The number of alkyl halides is 1. The highest BCUT2D eigenvalue weighted by atomic mass is 35.5. The second-order valence-corrected chi connectivity index (χ2v) is 9.17. The Morgan fingerprint density at radius 3 is 2.71 bits per heavy atom. The highest BCUT2D eigenvalue weighted by molar-refractivity contribution is 8.00. The van der Waals surface area contributed by atoms with Crippen LogP contribution in [0.3, 0.4) is 0 Å². The summed E-state index contributed by atoms with van der Waals surface area (Å²) in [4.78, 5) is 68.0. The third-order valence-electron chi connectivity index (χ3n) is 5.03. The number of hydrogen-bond donors (Lipinski definition) is 2. The van der Waals surface area contributed by atoms with Gasteiger partial charge in [-0.25, -0.2) is 9.59 Å². The van der Waals surface area contributed by atoms with Crippen LogP contribution in [0.4, 0.5) is 4.79 Å². The number of thioether (sulfide) groups is 1. The predicted octanol–water partition coefficient (Wildman–Crippen LogP) is 0.701. The second kappa shape index (κ2) is 13.2. The predicted molar refractivity (Wildman–Crippen MR) is 132 cm³/mol. The van der Waals surface area contributed by atoms with E-state index in [1.54, 1.807) is 6.07 Å². The average Bonchev–Trinajstić information content (AvgIpc) is 3.41. The minimum Gasteiger partial charge on any atom is -0.462 e. The summed E-state index contributed by atoms with van der Waals surface area (Å²) in [7, 11) is 1.25. The van der Waals surface area contributed by atoms with Crippen molar-refractivity contribution in [2.24, 2.45) is 5.16 Å². The fourth-order valence-electron chi connectivity index (χ4n) is 3.51. The summed E-state index contributed by atoms with van der Waals surface area (Å²) < 4.78 is 20.4. The molecule has 3 heterocycles. The van der Waals surface area contributed by atoms with Crippen LogP contribution in [0.15, 0.2) is 39.2 Å². The molecule has 38 heavy (non-hydrogen) atoms. The summed E-state index contributed by atoms with van der Waals surface area (Å²) in [6, 6.07) is 2.03. The first-order valence-electron chi connectivity index (χ1n) is 11.1. The summed E-state index contributed by atoms with van der Waals surface area (Å²) in [6.45, 7) is 2.32. The Balaban J connectivity index is 1.79. The topological polar surface area (TPSA) is 175 Å². The number of carbonyl (C=O) groups excluding carboxylic acids is 5. The van der Waals surface area contributed by atoms with Crippen molar-refractivity contribution in [3.8, 4) is 0 Å². The van der Waals surface area contributed by atoms with E-state index in [-0.39, 0.29) is 47.5 Å². The minimum absolute atomic E-state index is 0.125. The SMILES string of the molecule is CON=C(C(=O)NC1C(=O)N2C(C(=O)OC(C)OC(C)=O)=C(COC(=O)NCCCl)CS[C@H]12)c1ccco1. The molecule has 3 amide bonds. The lowest BCUT2D eigenvalue weighted by molar-refractivity contribution is -0.182. The largest absolute Gasteiger partial charge is 0.462 e. The van der Waals surface area contributed by atoms with E-state index in [1.807, 2.05) is 0 Å². The van der Waals surface area contributed by atoms with E-state index in [4.69, 9.17) is 35.1 Å².